The topological polar surface area (TPSA) is 56.7 Å². The molecule has 0 aliphatic carbocycles. The molecule has 0 amide bonds. The first kappa shape index (κ1) is 11.2. The molecule has 4 nitrogen and oxygen atoms in total. The third kappa shape index (κ3) is 3.10. The molecule has 1 aromatic rings. The molecule has 1 aromatic heterocycles. The second-order valence-electron chi connectivity index (χ2n) is 3.65. The minimum absolute atomic E-state index is 0.643. The van der Waals surface area contributed by atoms with E-state index in [-0.39, 0.29) is 0 Å². The molecule has 0 bridgehead atoms. The van der Waals surface area contributed by atoms with Crippen LogP contribution in [0, 0.1) is 5.92 Å². The van der Waals surface area contributed by atoms with E-state index in [0.29, 0.717) is 12.5 Å². The van der Waals surface area contributed by atoms with Gasteiger partial charge in [-0.15, -0.1) is 5.10 Å². The maximum absolute atomic E-state index is 5.45. The predicted octanol–water partition coefficient (Wildman–Crippen LogP) is 1.22. The Hall–Kier alpha value is -0.900. The highest BCUT2D eigenvalue weighted by molar-refractivity contribution is 4.92. The molecular weight excluding hydrogens is 176 g/mol. The lowest BCUT2D eigenvalue weighted by atomic mass is 10.0. The monoisotopic (exact) mass is 196 g/mol. The van der Waals surface area contributed by atoms with Gasteiger partial charge in [0.15, 0.2) is 0 Å². The van der Waals surface area contributed by atoms with Crippen LogP contribution in [-0.4, -0.2) is 21.5 Å². The highest BCUT2D eigenvalue weighted by Gasteiger charge is 2.06. The quantitative estimate of drug-likeness (QED) is 0.744. The van der Waals surface area contributed by atoms with Gasteiger partial charge in [-0.05, 0) is 12.5 Å². The molecule has 0 aliphatic heterocycles. The van der Waals surface area contributed by atoms with Crippen molar-refractivity contribution in [3.63, 3.8) is 0 Å². The van der Waals surface area contributed by atoms with Crippen molar-refractivity contribution in [1.29, 1.82) is 0 Å². The van der Waals surface area contributed by atoms with Crippen molar-refractivity contribution in [3.8, 4) is 0 Å². The zero-order valence-electron chi connectivity index (χ0n) is 9.11. The second kappa shape index (κ2) is 5.75. The highest BCUT2D eigenvalue weighted by atomic mass is 15.4. The highest BCUT2D eigenvalue weighted by Crippen LogP contribution is 2.09. The van der Waals surface area contributed by atoms with Gasteiger partial charge in [-0.1, -0.05) is 31.9 Å². The lowest BCUT2D eigenvalue weighted by molar-refractivity contribution is 0.390. The first-order valence-corrected chi connectivity index (χ1v) is 5.39. The molecule has 0 saturated carbocycles. The van der Waals surface area contributed by atoms with E-state index < -0.39 is 0 Å². The Morgan fingerprint density at radius 2 is 2.14 bits per heavy atom. The summed E-state index contributed by atoms with van der Waals surface area (Å²) in [5, 5.41) is 8.14. The number of rotatable bonds is 6. The Balaban J connectivity index is 2.49. The molecule has 0 aromatic carbocycles. The fourth-order valence-electron chi connectivity index (χ4n) is 1.50. The summed E-state index contributed by atoms with van der Waals surface area (Å²) >= 11 is 0. The summed E-state index contributed by atoms with van der Waals surface area (Å²) in [6.07, 6.45) is 5.22. The largest absolute Gasteiger partial charge is 0.330 e. The van der Waals surface area contributed by atoms with Crippen LogP contribution in [0.15, 0.2) is 6.20 Å². The van der Waals surface area contributed by atoms with E-state index in [9.17, 15) is 0 Å². The Bertz CT molecular complexity index is 252. The maximum Gasteiger partial charge on any atom is 0.0839 e. The summed E-state index contributed by atoms with van der Waals surface area (Å²) < 4.78 is 1.93. The van der Waals surface area contributed by atoms with Crippen molar-refractivity contribution >= 4 is 0 Å². The van der Waals surface area contributed by atoms with Crippen LogP contribution in [0.1, 0.15) is 32.4 Å². The van der Waals surface area contributed by atoms with Crippen molar-refractivity contribution in [2.24, 2.45) is 11.7 Å². The van der Waals surface area contributed by atoms with Gasteiger partial charge in [0, 0.05) is 19.2 Å². The van der Waals surface area contributed by atoms with Crippen LogP contribution in [0.5, 0.6) is 0 Å². The van der Waals surface area contributed by atoms with Crippen LogP contribution >= 0.6 is 0 Å². The number of hydrogen-bond donors (Lipinski definition) is 1. The minimum atomic E-state index is 0.643. The molecule has 0 aliphatic rings. The Morgan fingerprint density at radius 3 is 2.71 bits per heavy atom. The number of nitrogens with zero attached hydrogens (tertiary/aromatic N) is 3. The molecule has 14 heavy (non-hydrogen) atoms. The Morgan fingerprint density at radius 1 is 1.43 bits per heavy atom. The summed E-state index contributed by atoms with van der Waals surface area (Å²) in [6, 6.07) is 0. The second-order valence-corrected chi connectivity index (χ2v) is 3.65. The van der Waals surface area contributed by atoms with E-state index in [1.807, 2.05) is 10.9 Å². The number of hydrogen-bond acceptors (Lipinski definition) is 3. The molecule has 80 valence electrons. The number of nitrogens with two attached hydrogens (primary N) is 1. The zero-order chi connectivity index (χ0) is 10.4. The van der Waals surface area contributed by atoms with Crippen LogP contribution in [-0.2, 0) is 13.0 Å². The van der Waals surface area contributed by atoms with Gasteiger partial charge < -0.3 is 5.73 Å². The molecule has 0 fully saturated rings. The molecule has 1 rings (SSSR count). The molecule has 1 heterocycles. The molecule has 0 saturated heterocycles. The maximum atomic E-state index is 5.45. The van der Waals surface area contributed by atoms with Gasteiger partial charge in [-0.25, -0.2) is 0 Å². The van der Waals surface area contributed by atoms with E-state index in [1.54, 1.807) is 0 Å². The van der Waals surface area contributed by atoms with Crippen molar-refractivity contribution in [3.05, 3.63) is 11.9 Å². The van der Waals surface area contributed by atoms with E-state index in [0.717, 1.165) is 18.7 Å². The summed E-state index contributed by atoms with van der Waals surface area (Å²) in [5.41, 5.74) is 6.44. The Kier molecular flexibility index (Phi) is 4.59. The lowest BCUT2D eigenvalue weighted by Crippen LogP contribution is -2.09. The molecule has 0 atom stereocenters. The van der Waals surface area contributed by atoms with Crippen LogP contribution in [0.3, 0.4) is 0 Å². The third-order valence-corrected chi connectivity index (χ3v) is 2.59. The van der Waals surface area contributed by atoms with E-state index >= 15 is 0 Å². The number of aromatic nitrogens is 3. The van der Waals surface area contributed by atoms with Gasteiger partial charge in [0.1, 0.15) is 0 Å². The van der Waals surface area contributed by atoms with Gasteiger partial charge >= 0.3 is 0 Å². The van der Waals surface area contributed by atoms with Gasteiger partial charge in [0.2, 0.25) is 0 Å². The summed E-state index contributed by atoms with van der Waals surface area (Å²) in [7, 11) is 0. The first-order chi connectivity index (χ1) is 6.80. The van der Waals surface area contributed by atoms with Crippen LogP contribution in [0.2, 0.25) is 0 Å². The molecule has 0 radical (unpaired) electrons. The average Bonchev–Trinajstić information content (AvgIpc) is 2.63. The molecule has 0 unspecified atom stereocenters. The normalized spacial score (nSPS) is 11.1. The van der Waals surface area contributed by atoms with Gasteiger partial charge in [0.25, 0.3) is 0 Å². The summed E-state index contributed by atoms with van der Waals surface area (Å²) in [4.78, 5) is 0. The van der Waals surface area contributed by atoms with E-state index in [2.05, 4.69) is 24.2 Å². The van der Waals surface area contributed by atoms with Crippen LogP contribution < -0.4 is 5.73 Å². The third-order valence-electron chi connectivity index (χ3n) is 2.59. The molecule has 4 heteroatoms. The van der Waals surface area contributed by atoms with Gasteiger partial charge in [-0.3, -0.25) is 4.68 Å². The fourth-order valence-corrected chi connectivity index (χ4v) is 1.50. The smallest absolute Gasteiger partial charge is 0.0839 e. The molecular formula is C10H20N4. The van der Waals surface area contributed by atoms with Gasteiger partial charge in [-0.2, -0.15) is 0 Å². The summed E-state index contributed by atoms with van der Waals surface area (Å²) in [6.45, 7) is 6.05. The predicted molar refractivity (Wildman–Crippen MR) is 56.9 cm³/mol. The average molecular weight is 196 g/mol. The van der Waals surface area contributed by atoms with E-state index in [4.69, 9.17) is 5.73 Å². The van der Waals surface area contributed by atoms with E-state index in [1.165, 1.54) is 12.8 Å². The standard InChI is InChI=1S/C10H20N4/c1-3-9(4-2)7-14-8-10(5-6-11)12-13-14/h8-9H,3-7,11H2,1-2H3. The molecule has 2 N–H and O–H groups in total. The lowest BCUT2D eigenvalue weighted by Gasteiger charge is -2.10. The fraction of sp³-hybridized carbons (Fsp3) is 0.800. The van der Waals surface area contributed by atoms with Crippen molar-refractivity contribution in [2.75, 3.05) is 6.54 Å². The van der Waals surface area contributed by atoms with Crippen LogP contribution in [0.4, 0.5) is 0 Å². The minimum Gasteiger partial charge on any atom is -0.330 e. The first-order valence-electron chi connectivity index (χ1n) is 5.39. The van der Waals surface area contributed by atoms with Crippen molar-refractivity contribution in [1.82, 2.24) is 15.0 Å². The summed E-state index contributed by atoms with van der Waals surface area (Å²) in [5.74, 6) is 0.711. The Labute approximate surface area is 85.5 Å². The SMILES string of the molecule is CCC(CC)Cn1cc(CCN)nn1. The molecule has 0 spiro atoms. The van der Waals surface area contributed by atoms with Gasteiger partial charge in [0.05, 0.1) is 5.69 Å². The zero-order valence-corrected chi connectivity index (χ0v) is 9.11. The van der Waals surface area contributed by atoms with Crippen molar-refractivity contribution in [2.45, 2.75) is 39.7 Å². The van der Waals surface area contributed by atoms with Crippen LogP contribution in [0.25, 0.3) is 0 Å². The van der Waals surface area contributed by atoms with Crippen molar-refractivity contribution < 1.29 is 0 Å².